The van der Waals surface area contributed by atoms with E-state index in [0.29, 0.717) is 0 Å². The fraction of sp³-hybridized carbons (Fsp3) is 0.100. The van der Waals surface area contributed by atoms with Crippen LogP contribution < -0.4 is 29.6 Å². The molecule has 0 atom stereocenters. The van der Waals surface area contributed by atoms with Crippen molar-refractivity contribution in [1.29, 1.82) is 0 Å². The van der Waals surface area contributed by atoms with E-state index >= 15 is 0 Å². The van der Waals surface area contributed by atoms with Crippen LogP contribution in [0, 0.1) is 6.92 Å². The first kappa shape index (κ1) is 15.4. The Morgan fingerprint density at radius 3 is 2.31 bits per heavy atom. The normalized spacial score (nSPS) is 10.1. The largest absolute Gasteiger partial charge is 1.00 e. The number of hydrogen-bond acceptors (Lipinski definition) is 4. The summed E-state index contributed by atoms with van der Waals surface area (Å²) < 4.78 is 27.1. The zero-order valence-electron chi connectivity index (χ0n) is 10.1. The summed E-state index contributed by atoms with van der Waals surface area (Å²) in [5.74, 6) is -0.990. The predicted molar refractivity (Wildman–Crippen MR) is 55.8 cm³/mol. The number of benzene rings is 1. The number of hydrogen-bond donors (Lipinski definition) is 0. The van der Waals surface area contributed by atoms with Crippen molar-refractivity contribution in [3.63, 3.8) is 0 Å². The number of carbonyl (C=O) groups excluding carboxylic acids is 1. The molecule has 0 saturated carbocycles. The van der Waals surface area contributed by atoms with Crippen LogP contribution in [0.5, 0.6) is 0 Å². The van der Waals surface area contributed by atoms with Crippen molar-refractivity contribution in [1.82, 2.24) is 0 Å². The minimum atomic E-state index is -4.01. The molecular weight excluding hydrogens is 239 g/mol. The predicted octanol–water partition coefficient (Wildman–Crippen LogP) is -1.47. The van der Waals surface area contributed by atoms with Crippen LogP contribution in [-0.4, -0.2) is 14.4 Å². The molecule has 1 aromatic carbocycles. The molecule has 1 rings (SSSR count). The Balaban J connectivity index is 0. The van der Waals surface area contributed by atoms with Gasteiger partial charge < -0.3 is 5.61 Å². The van der Waals surface area contributed by atoms with Crippen molar-refractivity contribution >= 4 is 16.1 Å². The molecule has 0 spiro atoms. The molecular formula is C10H11NaO4S. The summed E-state index contributed by atoms with van der Waals surface area (Å²) in [5.41, 5.74) is 0.920. The molecule has 0 aliphatic rings. The van der Waals surface area contributed by atoms with E-state index in [9.17, 15) is 13.2 Å². The molecule has 6 heteroatoms. The van der Waals surface area contributed by atoms with E-state index < -0.39 is 16.1 Å². The van der Waals surface area contributed by atoms with Gasteiger partial charge in [0.1, 0.15) is 4.90 Å². The van der Waals surface area contributed by atoms with Crippen LogP contribution in [0.1, 0.15) is 6.99 Å². The van der Waals surface area contributed by atoms with Crippen molar-refractivity contribution in [3.05, 3.63) is 42.5 Å². The molecule has 0 bridgehead atoms. The SMILES string of the molecule is C=CC(=O)OS(=O)(=O)c1ccc(C)cc1.[H-].[Na+]. The number of carbonyl (C=O) groups is 1. The summed E-state index contributed by atoms with van der Waals surface area (Å²) in [4.78, 5) is 10.7. The third-order valence-corrected chi connectivity index (χ3v) is 2.90. The second kappa shape index (κ2) is 6.20. The molecule has 0 aliphatic carbocycles. The molecule has 16 heavy (non-hydrogen) atoms. The van der Waals surface area contributed by atoms with Crippen molar-refractivity contribution < 1.29 is 48.4 Å². The van der Waals surface area contributed by atoms with Crippen molar-refractivity contribution in [2.45, 2.75) is 11.8 Å². The van der Waals surface area contributed by atoms with Gasteiger partial charge in [-0.3, -0.25) is 0 Å². The molecule has 0 amide bonds. The third kappa shape index (κ3) is 4.09. The average Bonchev–Trinajstić information content (AvgIpc) is 2.17. The molecule has 0 heterocycles. The van der Waals surface area contributed by atoms with E-state index in [4.69, 9.17) is 0 Å². The molecule has 82 valence electrons. The van der Waals surface area contributed by atoms with Crippen LogP contribution in [0.25, 0.3) is 0 Å². The Morgan fingerprint density at radius 2 is 1.88 bits per heavy atom. The summed E-state index contributed by atoms with van der Waals surface area (Å²) in [7, 11) is -4.01. The molecule has 4 nitrogen and oxygen atoms in total. The van der Waals surface area contributed by atoms with Crippen LogP contribution in [0.2, 0.25) is 0 Å². The van der Waals surface area contributed by atoms with Gasteiger partial charge in [-0.15, -0.1) is 0 Å². The Morgan fingerprint density at radius 1 is 1.38 bits per heavy atom. The van der Waals surface area contributed by atoms with Gasteiger partial charge in [-0.2, -0.15) is 8.42 Å². The van der Waals surface area contributed by atoms with Crippen LogP contribution in [0.4, 0.5) is 0 Å². The summed E-state index contributed by atoms with van der Waals surface area (Å²) in [6.45, 7) is 4.94. The van der Waals surface area contributed by atoms with Gasteiger partial charge in [-0.05, 0) is 19.1 Å². The fourth-order valence-corrected chi connectivity index (χ4v) is 1.75. The van der Waals surface area contributed by atoms with E-state index in [1.54, 1.807) is 12.1 Å². The second-order valence-electron chi connectivity index (χ2n) is 2.87. The molecule has 0 saturated heterocycles. The number of aryl methyl sites for hydroxylation is 1. The monoisotopic (exact) mass is 250 g/mol. The van der Waals surface area contributed by atoms with Crippen molar-refractivity contribution in [2.75, 3.05) is 0 Å². The Bertz CT molecular complexity index is 482. The first-order chi connectivity index (χ1) is 6.95. The first-order valence-electron chi connectivity index (χ1n) is 4.13. The fourth-order valence-electron chi connectivity index (χ4n) is 0.895. The third-order valence-electron chi connectivity index (χ3n) is 1.67. The topological polar surface area (TPSA) is 60.4 Å². The van der Waals surface area contributed by atoms with E-state index in [-0.39, 0.29) is 35.9 Å². The smallest absolute Gasteiger partial charge is 1.00 e. The van der Waals surface area contributed by atoms with Crippen LogP contribution in [-0.2, 0) is 19.1 Å². The standard InChI is InChI=1S/C10H10O4S.Na.H/c1-3-10(11)14-15(12,13)9-6-4-8(2)5-7-9;;/h3-7H,1H2,2H3;;/q;+1;-1. The maximum atomic E-state index is 11.4. The summed E-state index contributed by atoms with van der Waals surface area (Å²) in [6, 6.07) is 5.99. The first-order valence-corrected chi connectivity index (χ1v) is 5.54. The van der Waals surface area contributed by atoms with Gasteiger partial charge in [0.25, 0.3) is 0 Å². The van der Waals surface area contributed by atoms with E-state index in [0.717, 1.165) is 11.6 Å². The zero-order chi connectivity index (χ0) is 11.5. The molecule has 0 fully saturated rings. The van der Waals surface area contributed by atoms with Gasteiger partial charge in [0, 0.05) is 6.08 Å². The maximum Gasteiger partial charge on any atom is 1.00 e. The second-order valence-corrected chi connectivity index (χ2v) is 4.42. The Kier molecular flexibility index (Phi) is 5.96. The zero-order valence-corrected chi connectivity index (χ0v) is 12.0. The summed E-state index contributed by atoms with van der Waals surface area (Å²) >= 11 is 0. The molecule has 0 aliphatic heterocycles. The van der Waals surface area contributed by atoms with E-state index in [2.05, 4.69) is 10.8 Å². The van der Waals surface area contributed by atoms with Crippen molar-refractivity contribution in [3.8, 4) is 0 Å². The Labute approximate surface area is 118 Å². The van der Waals surface area contributed by atoms with Gasteiger partial charge in [0.05, 0.1) is 0 Å². The van der Waals surface area contributed by atoms with E-state index in [1.165, 1.54) is 12.1 Å². The van der Waals surface area contributed by atoms with Gasteiger partial charge in [0.2, 0.25) is 0 Å². The Hall–Kier alpha value is -0.620. The summed E-state index contributed by atoms with van der Waals surface area (Å²) in [5, 5.41) is 0. The minimum Gasteiger partial charge on any atom is -1.00 e. The van der Waals surface area contributed by atoms with Gasteiger partial charge in [-0.1, -0.05) is 24.3 Å². The van der Waals surface area contributed by atoms with Crippen molar-refractivity contribution in [2.24, 2.45) is 0 Å². The van der Waals surface area contributed by atoms with Gasteiger partial charge in [-0.25, -0.2) is 4.79 Å². The van der Waals surface area contributed by atoms with Crippen LogP contribution in [0.3, 0.4) is 0 Å². The van der Waals surface area contributed by atoms with Gasteiger partial charge in [0.15, 0.2) is 0 Å². The summed E-state index contributed by atoms with van der Waals surface area (Å²) in [6.07, 6.45) is 0.797. The average molecular weight is 250 g/mol. The molecule has 0 aromatic heterocycles. The van der Waals surface area contributed by atoms with Crippen LogP contribution in [0.15, 0.2) is 41.8 Å². The molecule has 1 aromatic rings. The molecule has 0 radical (unpaired) electrons. The molecule has 0 unspecified atom stereocenters. The minimum absolute atomic E-state index is 0. The quantitative estimate of drug-likeness (QED) is 0.373. The maximum absolute atomic E-state index is 11.4. The van der Waals surface area contributed by atoms with Crippen LogP contribution >= 0.6 is 0 Å². The number of rotatable bonds is 3. The van der Waals surface area contributed by atoms with E-state index in [1.807, 2.05) is 6.92 Å². The van der Waals surface area contributed by atoms with Gasteiger partial charge >= 0.3 is 45.6 Å². The molecule has 0 N–H and O–H groups in total.